The second-order valence-corrected chi connectivity index (χ2v) is 8.26. The van der Waals surface area contributed by atoms with Crippen molar-refractivity contribution in [2.24, 2.45) is 0 Å². The second-order valence-electron chi connectivity index (χ2n) is 6.13. The zero-order chi connectivity index (χ0) is 15.1. The molecule has 1 spiro atoms. The molecule has 3 atom stereocenters. The Morgan fingerprint density at radius 2 is 1.90 bits per heavy atom. The maximum atomic E-state index is 13.0. The van der Waals surface area contributed by atoms with Crippen LogP contribution in [-0.4, -0.2) is 32.2 Å². The van der Waals surface area contributed by atoms with Gasteiger partial charge >= 0.3 is 0 Å². The summed E-state index contributed by atoms with van der Waals surface area (Å²) in [6, 6.07) is 7.04. The van der Waals surface area contributed by atoms with Gasteiger partial charge in [0.2, 0.25) is 0 Å². The fourth-order valence-corrected chi connectivity index (χ4v) is 5.42. The van der Waals surface area contributed by atoms with Crippen LogP contribution in [-0.2, 0) is 19.3 Å². The molecule has 1 aromatic carbocycles. The highest BCUT2D eigenvalue weighted by atomic mass is 32.2. The summed E-state index contributed by atoms with van der Waals surface area (Å²) in [5.74, 6) is -0.943. The first-order valence-electron chi connectivity index (χ1n) is 7.56. The maximum absolute atomic E-state index is 13.0. The van der Waals surface area contributed by atoms with Crippen LogP contribution >= 0.6 is 0 Å². The van der Waals surface area contributed by atoms with E-state index in [1.807, 2.05) is 26.0 Å². The maximum Gasteiger partial charge on any atom is 0.186 e. The van der Waals surface area contributed by atoms with Crippen LogP contribution in [0.3, 0.4) is 0 Å². The van der Waals surface area contributed by atoms with Crippen LogP contribution in [0.4, 0.5) is 0 Å². The Morgan fingerprint density at radius 1 is 1.19 bits per heavy atom. The summed E-state index contributed by atoms with van der Waals surface area (Å²) >= 11 is 0. The lowest BCUT2D eigenvalue weighted by molar-refractivity contribution is -0.240. The zero-order valence-electron chi connectivity index (χ0n) is 12.5. The quantitative estimate of drug-likeness (QED) is 0.843. The van der Waals surface area contributed by atoms with Gasteiger partial charge in [-0.25, -0.2) is 8.42 Å². The molecule has 0 saturated carbocycles. The van der Waals surface area contributed by atoms with Crippen molar-refractivity contribution in [2.75, 3.05) is 6.61 Å². The topological polar surface area (TPSA) is 52.6 Å². The van der Waals surface area contributed by atoms with Crippen molar-refractivity contribution >= 4 is 9.84 Å². The fraction of sp³-hybridized carbons (Fsp3) is 0.625. The number of aryl methyl sites for hydroxylation is 1. The minimum atomic E-state index is -3.45. The summed E-state index contributed by atoms with van der Waals surface area (Å²) in [4.78, 5) is 0.365. The minimum absolute atomic E-state index is 0.0895. The third-order valence-electron chi connectivity index (χ3n) is 4.43. The predicted molar refractivity (Wildman–Crippen MR) is 79.9 cm³/mol. The molecule has 2 saturated heterocycles. The van der Waals surface area contributed by atoms with Gasteiger partial charge in [0.05, 0.1) is 17.6 Å². The highest BCUT2D eigenvalue weighted by molar-refractivity contribution is 7.92. The van der Waals surface area contributed by atoms with Gasteiger partial charge in [-0.1, -0.05) is 17.7 Å². The molecule has 0 amide bonds. The fourth-order valence-electron chi connectivity index (χ4n) is 3.34. The van der Waals surface area contributed by atoms with E-state index in [1.54, 1.807) is 12.1 Å². The Morgan fingerprint density at radius 3 is 2.52 bits per heavy atom. The summed E-state index contributed by atoms with van der Waals surface area (Å²) in [6.45, 7) is 4.44. The Kier molecular flexibility index (Phi) is 3.84. The molecule has 1 aromatic rings. The first kappa shape index (κ1) is 15.0. The molecule has 2 aliphatic heterocycles. The summed E-state index contributed by atoms with van der Waals surface area (Å²) in [6.07, 6.45) is 2.99. The number of ether oxygens (including phenoxy) is 2. The molecule has 0 bridgehead atoms. The van der Waals surface area contributed by atoms with E-state index in [2.05, 4.69) is 0 Å². The van der Waals surface area contributed by atoms with Crippen LogP contribution in [0.25, 0.3) is 0 Å². The molecule has 4 nitrogen and oxygen atoms in total. The van der Waals surface area contributed by atoms with Crippen LogP contribution in [0.1, 0.15) is 38.2 Å². The van der Waals surface area contributed by atoms with Crippen molar-refractivity contribution in [2.45, 2.75) is 61.6 Å². The smallest absolute Gasteiger partial charge is 0.186 e. The van der Waals surface area contributed by atoms with Gasteiger partial charge in [-0.3, -0.25) is 0 Å². The molecule has 5 heteroatoms. The highest BCUT2D eigenvalue weighted by Crippen LogP contribution is 2.44. The normalized spacial score (nSPS) is 33.4. The SMILES string of the molecule is Cc1ccc(S(=O)(=O)[C@@H]2C[C@H](C)O[C@@]23CCCCO3)cc1. The van der Waals surface area contributed by atoms with E-state index in [4.69, 9.17) is 9.47 Å². The lowest BCUT2D eigenvalue weighted by Crippen LogP contribution is -2.48. The molecule has 3 rings (SSSR count). The molecule has 0 aromatic heterocycles. The van der Waals surface area contributed by atoms with E-state index in [-0.39, 0.29) is 6.10 Å². The second kappa shape index (κ2) is 5.38. The molecule has 0 radical (unpaired) electrons. The van der Waals surface area contributed by atoms with Gasteiger partial charge in [0.15, 0.2) is 15.6 Å². The molecule has 0 aliphatic carbocycles. The summed E-state index contributed by atoms with van der Waals surface area (Å²) in [7, 11) is -3.45. The average molecular weight is 310 g/mol. The van der Waals surface area contributed by atoms with Crippen LogP contribution in [0, 0.1) is 6.92 Å². The Hall–Kier alpha value is -0.910. The summed E-state index contributed by atoms with van der Waals surface area (Å²) in [5.41, 5.74) is 1.05. The van der Waals surface area contributed by atoms with Gasteiger partial charge in [-0.05, 0) is 45.2 Å². The molecule has 2 aliphatic rings. The third-order valence-corrected chi connectivity index (χ3v) is 6.66. The van der Waals surface area contributed by atoms with E-state index in [0.29, 0.717) is 24.3 Å². The van der Waals surface area contributed by atoms with Gasteiger partial charge in [0.1, 0.15) is 5.25 Å². The number of rotatable bonds is 2. The third kappa shape index (κ3) is 2.62. The number of hydrogen-bond acceptors (Lipinski definition) is 4. The minimum Gasteiger partial charge on any atom is -0.349 e. The largest absolute Gasteiger partial charge is 0.349 e. The van der Waals surface area contributed by atoms with Crippen molar-refractivity contribution in [3.05, 3.63) is 29.8 Å². The molecular formula is C16H22O4S. The molecule has 21 heavy (non-hydrogen) atoms. The average Bonchev–Trinajstić information content (AvgIpc) is 2.77. The first-order valence-corrected chi connectivity index (χ1v) is 9.11. The van der Waals surface area contributed by atoms with Crippen LogP contribution in [0.15, 0.2) is 29.2 Å². The van der Waals surface area contributed by atoms with Gasteiger partial charge in [-0.15, -0.1) is 0 Å². The van der Waals surface area contributed by atoms with Crippen molar-refractivity contribution in [1.82, 2.24) is 0 Å². The number of benzene rings is 1. The molecule has 0 unspecified atom stereocenters. The van der Waals surface area contributed by atoms with E-state index in [9.17, 15) is 8.42 Å². The first-order chi connectivity index (χ1) is 9.94. The Labute approximate surface area is 126 Å². The molecule has 0 N–H and O–H groups in total. The monoisotopic (exact) mass is 310 g/mol. The van der Waals surface area contributed by atoms with E-state index >= 15 is 0 Å². The Bertz CT molecular complexity index is 600. The van der Waals surface area contributed by atoms with E-state index in [1.165, 1.54) is 0 Å². The molecule has 2 fully saturated rings. The standard InChI is InChI=1S/C16H22O4S/c1-12-5-7-14(8-6-12)21(17,18)15-11-13(2)20-16(15)9-3-4-10-19-16/h5-8,13,15H,3-4,9-11H2,1-2H3/t13-,15+,16-/m0/s1. The van der Waals surface area contributed by atoms with Crippen LogP contribution in [0.5, 0.6) is 0 Å². The summed E-state index contributed by atoms with van der Waals surface area (Å²) < 4.78 is 37.8. The molecule has 2 heterocycles. The summed E-state index contributed by atoms with van der Waals surface area (Å²) in [5, 5.41) is -0.608. The van der Waals surface area contributed by atoms with Crippen molar-refractivity contribution in [1.29, 1.82) is 0 Å². The lowest BCUT2D eigenvalue weighted by Gasteiger charge is -2.37. The Balaban J connectivity index is 1.98. The van der Waals surface area contributed by atoms with Gasteiger partial charge < -0.3 is 9.47 Å². The van der Waals surface area contributed by atoms with Crippen molar-refractivity contribution in [3.8, 4) is 0 Å². The van der Waals surface area contributed by atoms with Gasteiger partial charge in [0, 0.05) is 6.42 Å². The van der Waals surface area contributed by atoms with E-state index in [0.717, 1.165) is 18.4 Å². The molecule has 116 valence electrons. The number of sulfone groups is 1. The van der Waals surface area contributed by atoms with Crippen molar-refractivity contribution in [3.63, 3.8) is 0 Å². The van der Waals surface area contributed by atoms with Gasteiger partial charge in [0.25, 0.3) is 0 Å². The van der Waals surface area contributed by atoms with Crippen LogP contribution < -0.4 is 0 Å². The predicted octanol–water partition coefficient (Wildman–Crippen LogP) is 2.84. The zero-order valence-corrected chi connectivity index (χ0v) is 13.4. The van der Waals surface area contributed by atoms with Crippen molar-refractivity contribution < 1.29 is 17.9 Å². The van der Waals surface area contributed by atoms with Crippen LogP contribution in [0.2, 0.25) is 0 Å². The van der Waals surface area contributed by atoms with E-state index < -0.39 is 20.9 Å². The van der Waals surface area contributed by atoms with Gasteiger partial charge in [-0.2, -0.15) is 0 Å². The molecular weight excluding hydrogens is 288 g/mol. The lowest BCUT2D eigenvalue weighted by atomic mass is 10.0. The highest BCUT2D eigenvalue weighted by Gasteiger charge is 2.55. The number of hydrogen-bond donors (Lipinski definition) is 0.